The number of thioether (sulfide) groups is 1. The summed E-state index contributed by atoms with van der Waals surface area (Å²) in [7, 11) is 0. The Morgan fingerprint density at radius 3 is 2.76 bits per heavy atom. The number of fused-ring (bicyclic) bond motifs is 1. The van der Waals surface area contributed by atoms with Gasteiger partial charge in [-0.1, -0.05) is 25.1 Å². The second-order valence-electron chi connectivity index (χ2n) is 6.66. The van der Waals surface area contributed by atoms with E-state index in [2.05, 4.69) is 35.8 Å². The van der Waals surface area contributed by atoms with Crippen molar-refractivity contribution in [1.29, 1.82) is 0 Å². The minimum Gasteiger partial charge on any atom is -0.343 e. The molecule has 0 N–H and O–H groups in total. The van der Waals surface area contributed by atoms with Crippen LogP contribution in [0.2, 0.25) is 0 Å². The number of amides is 1. The lowest BCUT2D eigenvalue weighted by Gasteiger charge is -2.14. The summed E-state index contributed by atoms with van der Waals surface area (Å²) in [5.41, 5.74) is 3.51. The first kappa shape index (κ1) is 18.2. The summed E-state index contributed by atoms with van der Waals surface area (Å²) < 4.78 is 1.88. The number of carbonyl (C=O) groups is 1. The molecule has 0 atom stereocenters. The van der Waals surface area contributed by atoms with Crippen LogP contribution in [0.1, 0.15) is 56.0 Å². The van der Waals surface area contributed by atoms with Crippen molar-refractivity contribution in [1.82, 2.24) is 24.5 Å². The monoisotopic (exact) mass is 361 g/mol. The van der Waals surface area contributed by atoms with Crippen LogP contribution in [0.5, 0.6) is 0 Å². The van der Waals surface area contributed by atoms with Gasteiger partial charge in [0.15, 0.2) is 0 Å². The maximum atomic E-state index is 11.6. The maximum absolute atomic E-state index is 11.6. The summed E-state index contributed by atoms with van der Waals surface area (Å²) in [5.74, 6) is 1.90. The summed E-state index contributed by atoms with van der Waals surface area (Å²) in [5, 5.41) is 5.41. The fourth-order valence-corrected chi connectivity index (χ4v) is 4.07. The van der Waals surface area contributed by atoms with Crippen LogP contribution in [0.3, 0.4) is 0 Å². The minimum atomic E-state index is 0.297. The molecule has 3 heterocycles. The highest BCUT2D eigenvalue weighted by Gasteiger charge is 2.19. The van der Waals surface area contributed by atoms with Crippen molar-refractivity contribution < 1.29 is 4.79 Å². The third-order valence-electron chi connectivity index (χ3n) is 4.78. The SMILES string of the molecule is CCCCc1c(C)nc2nc(SCCCN3CCCC3=O)nn2c1C. The van der Waals surface area contributed by atoms with Gasteiger partial charge in [-0.2, -0.15) is 4.98 Å². The van der Waals surface area contributed by atoms with Gasteiger partial charge in [0.1, 0.15) is 0 Å². The van der Waals surface area contributed by atoms with Crippen molar-refractivity contribution in [3.63, 3.8) is 0 Å². The van der Waals surface area contributed by atoms with Gasteiger partial charge in [-0.25, -0.2) is 9.50 Å². The smallest absolute Gasteiger partial charge is 0.253 e. The van der Waals surface area contributed by atoms with Gasteiger partial charge in [-0.3, -0.25) is 4.79 Å². The first-order chi connectivity index (χ1) is 12.1. The summed E-state index contributed by atoms with van der Waals surface area (Å²) in [6, 6.07) is 0. The lowest BCUT2D eigenvalue weighted by Crippen LogP contribution is -2.25. The van der Waals surface area contributed by atoms with Crippen LogP contribution in [0.4, 0.5) is 0 Å². The van der Waals surface area contributed by atoms with E-state index in [1.165, 1.54) is 18.4 Å². The molecule has 25 heavy (non-hydrogen) atoms. The predicted molar refractivity (Wildman–Crippen MR) is 100 cm³/mol. The molecule has 136 valence electrons. The first-order valence-corrected chi connectivity index (χ1v) is 10.2. The Hall–Kier alpha value is -1.63. The van der Waals surface area contributed by atoms with Gasteiger partial charge in [0.25, 0.3) is 5.78 Å². The molecule has 1 aliphatic heterocycles. The van der Waals surface area contributed by atoms with E-state index < -0.39 is 0 Å². The van der Waals surface area contributed by atoms with Crippen molar-refractivity contribution in [2.75, 3.05) is 18.8 Å². The van der Waals surface area contributed by atoms with Gasteiger partial charge in [0.05, 0.1) is 0 Å². The number of hydrogen-bond acceptors (Lipinski definition) is 5. The topological polar surface area (TPSA) is 63.4 Å². The van der Waals surface area contributed by atoms with Gasteiger partial charge in [0.2, 0.25) is 11.1 Å². The van der Waals surface area contributed by atoms with Crippen molar-refractivity contribution in [2.45, 2.75) is 64.5 Å². The molecule has 0 aromatic carbocycles. The van der Waals surface area contributed by atoms with Crippen molar-refractivity contribution in [2.24, 2.45) is 0 Å². The number of unbranched alkanes of at least 4 members (excludes halogenated alkanes) is 1. The second kappa shape index (κ2) is 8.17. The lowest BCUT2D eigenvalue weighted by atomic mass is 10.1. The molecule has 0 unspecified atom stereocenters. The molecule has 1 amide bonds. The van der Waals surface area contributed by atoms with E-state index in [9.17, 15) is 4.79 Å². The van der Waals surface area contributed by atoms with Gasteiger partial charge < -0.3 is 4.90 Å². The second-order valence-corrected chi connectivity index (χ2v) is 7.72. The Morgan fingerprint density at radius 2 is 2.04 bits per heavy atom. The molecule has 2 aromatic rings. The van der Waals surface area contributed by atoms with E-state index in [1.807, 2.05) is 9.42 Å². The molecular weight excluding hydrogens is 334 g/mol. The number of aromatic nitrogens is 4. The van der Waals surface area contributed by atoms with Crippen LogP contribution in [0.15, 0.2) is 5.16 Å². The van der Waals surface area contributed by atoms with Crippen LogP contribution in [-0.2, 0) is 11.2 Å². The van der Waals surface area contributed by atoms with Gasteiger partial charge >= 0.3 is 0 Å². The van der Waals surface area contributed by atoms with E-state index in [0.717, 1.165) is 54.6 Å². The quantitative estimate of drug-likeness (QED) is 0.534. The molecule has 1 saturated heterocycles. The molecule has 1 fully saturated rings. The molecule has 0 bridgehead atoms. The van der Waals surface area contributed by atoms with E-state index in [0.29, 0.717) is 18.1 Å². The minimum absolute atomic E-state index is 0.297. The van der Waals surface area contributed by atoms with Crippen molar-refractivity contribution in [3.05, 3.63) is 17.0 Å². The Bertz CT molecular complexity index is 757. The van der Waals surface area contributed by atoms with Gasteiger partial charge in [0, 0.05) is 36.7 Å². The molecule has 0 radical (unpaired) electrons. The molecule has 6 nitrogen and oxygen atoms in total. The number of likely N-dealkylation sites (tertiary alicyclic amines) is 1. The predicted octanol–water partition coefficient (Wildman–Crippen LogP) is 3.19. The molecule has 3 rings (SSSR count). The number of aryl methyl sites for hydroxylation is 2. The van der Waals surface area contributed by atoms with Crippen molar-refractivity contribution >= 4 is 23.4 Å². The van der Waals surface area contributed by atoms with E-state index >= 15 is 0 Å². The first-order valence-electron chi connectivity index (χ1n) is 9.23. The van der Waals surface area contributed by atoms with Crippen LogP contribution < -0.4 is 0 Å². The summed E-state index contributed by atoms with van der Waals surface area (Å²) in [6.07, 6.45) is 6.08. The summed E-state index contributed by atoms with van der Waals surface area (Å²) >= 11 is 1.65. The number of rotatable bonds is 8. The number of hydrogen-bond donors (Lipinski definition) is 0. The molecule has 2 aromatic heterocycles. The maximum Gasteiger partial charge on any atom is 0.253 e. The summed E-state index contributed by atoms with van der Waals surface area (Å²) in [6.45, 7) is 8.13. The highest BCUT2D eigenvalue weighted by atomic mass is 32.2. The zero-order chi connectivity index (χ0) is 17.8. The largest absolute Gasteiger partial charge is 0.343 e. The van der Waals surface area contributed by atoms with E-state index in [-0.39, 0.29) is 0 Å². The summed E-state index contributed by atoms with van der Waals surface area (Å²) in [4.78, 5) is 22.8. The molecular formula is C18H27N5OS. The van der Waals surface area contributed by atoms with E-state index in [4.69, 9.17) is 0 Å². The average molecular weight is 362 g/mol. The molecule has 0 aliphatic carbocycles. The molecule has 0 saturated carbocycles. The van der Waals surface area contributed by atoms with Gasteiger partial charge in [-0.05, 0) is 45.1 Å². The fraction of sp³-hybridized carbons (Fsp3) is 0.667. The van der Waals surface area contributed by atoms with Crippen molar-refractivity contribution in [3.8, 4) is 0 Å². The van der Waals surface area contributed by atoms with Crippen LogP contribution in [0, 0.1) is 13.8 Å². The zero-order valence-electron chi connectivity index (χ0n) is 15.4. The normalized spacial score (nSPS) is 14.8. The lowest BCUT2D eigenvalue weighted by molar-refractivity contribution is -0.127. The number of carbonyl (C=O) groups excluding carboxylic acids is 1. The third-order valence-corrected chi connectivity index (χ3v) is 5.71. The van der Waals surface area contributed by atoms with Crippen LogP contribution in [-0.4, -0.2) is 49.2 Å². The molecule has 1 aliphatic rings. The zero-order valence-corrected chi connectivity index (χ0v) is 16.2. The highest BCUT2D eigenvalue weighted by Crippen LogP contribution is 2.20. The Labute approximate surface area is 153 Å². The Kier molecular flexibility index (Phi) is 5.93. The highest BCUT2D eigenvalue weighted by molar-refractivity contribution is 7.99. The Morgan fingerprint density at radius 1 is 1.20 bits per heavy atom. The third kappa shape index (κ3) is 4.14. The van der Waals surface area contributed by atoms with Gasteiger partial charge in [-0.15, -0.1) is 5.10 Å². The fourth-order valence-electron chi connectivity index (χ4n) is 3.33. The van der Waals surface area contributed by atoms with Crippen LogP contribution in [0.25, 0.3) is 5.78 Å². The number of nitrogens with zero attached hydrogens (tertiary/aromatic N) is 5. The molecule has 0 spiro atoms. The average Bonchev–Trinajstić information content (AvgIpc) is 3.17. The molecule has 7 heteroatoms. The standard InChI is InChI=1S/C18H27N5OS/c1-4-5-8-15-13(2)19-17-20-18(21-23(17)14(15)3)25-12-7-11-22-10-6-9-16(22)24/h4-12H2,1-3H3. The van der Waals surface area contributed by atoms with Crippen LogP contribution >= 0.6 is 11.8 Å². The Balaban J connectivity index is 1.62. The van der Waals surface area contributed by atoms with E-state index in [1.54, 1.807) is 11.8 Å².